The number of rotatable bonds is 8. The number of aryl methyl sites for hydroxylation is 2. The van der Waals surface area contributed by atoms with Crippen LogP contribution in [-0.2, 0) is 4.79 Å². The van der Waals surface area contributed by atoms with Crippen LogP contribution < -0.4 is 5.32 Å². The van der Waals surface area contributed by atoms with Crippen molar-refractivity contribution in [2.75, 3.05) is 27.2 Å². The number of Topliss-reactive ketones (excluding diaryl/α,β-unsaturated/α-hetero) is 1. The number of carboxylic acid groups (broad SMARTS) is 1. The van der Waals surface area contributed by atoms with E-state index in [1.807, 2.05) is 51.0 Å². The molecular formula is C16H24N2O3. The molecule has 116 valence electrons. The number of carbonyl (C=O) groups is 2. The quantitative estimate of drug-likeness (QED) is 0.710. The second-order valence-corrected chi connectivity index (χ2v) is 5.59. The maximum absolute atomic E-state index is 12.6. The lowest BCUT2D eigenvalue weighted by atomic mass is 9.96. The number of aliphatic carboxylic acids is 1. The van der Waals surface area contributed by atoms with Gasteiger partial charge >= 0.3 is 5.97 Å². The average molecular weight is 292 g/mol. The first-order valence-corrected chi connectivity index (χ1v) is 7.02. The Bertz CT molecular complexity index is 512. The van der Waals surface area contributed by atoms with Crippen LogP contribution in [0.25, 0.3) is 0 Å². The first-order chi connectivity index (χ1) is 9.81. The molecule has 0 saturated carbocycles. The topological polar surface area (TPSA) is 69.6 Å². The third-order valence-corrected chi connectivity index (χ3v) is 3.30. The molecule has 0 aromatic heterocycles. The highest BCUT2D eigenvalue weighted by Crippen LogP contribution is 2.14. The van der Waals surface area contributed by atoms with Gasteiger partial charge in [-0.15, -0.1) is 0 Å². The van der Waals surface area contributed by atoms with Crippen molar-refractivity contribution in [1.82, 2.24) is 10.2 Å². The first-order valence-electron chi connectivity index (χ1n) is 7.02. The highest BCUT2D eigenvalue weighted by atomic mass is 16.4. The van der Waals surface area contributed by atoms with Gasteiger partial charge in [0.2, 0.25) is 0 Å². The van der Waals surface area contributed by atoms with Crippen LogP contribution in [0.15, 0.2) is 18.2 Å². The van der Waals surface area contributed by atoms with Gasteiger partial charge in [-0.25, -0.2) is 0 Å². The zero-order valence-electron chi connectivity index (χ0n) is 13.1. The predicted molar refractivity (Wildman–Crippen MR) is 82.8 cm³/mol. The maximum Gasteiger partial charge on any atom is 0.305 e. The molecule has 0 aliphatic carbocycles. The maximum atomic E-state index is 12.6. The Hall–Kier alpha value is -1.72. The molecular weight excluding hydrogens is 268 g/mol. The summed E-state index contributed by atoms with van der Waals surface area (Å²) in [4.78, 5) is 25.6. The van der Waals surface area contributed by atoms with Crippen molar-refractivity contribution in [2.24, 2.45) is 0 Å². The van der Waals surface area contributed by atoms with Crippen molar-refractivity contribution in [3.8, 4) is 0 Å². The number of carboxylic acids is 1. The van der Waals surface area contributed by atoms with E-state index in [0.29, 0.717) is 12.1 Å². The van der Waals surface area contributed by atoms with E-state index in [1.54, 1.807) is 0 Å². The summed E-state index contributed by atoms with van der Waals surface area (Å²) >= 11 is 0. The van der Waals surface area contributed by atoms with E-state index in [2.05, 4.69) is 5.32 Å². The van der Waals surface area contributed by atoms with Gasteiger partial charge in [0, 0.05) is 18.7 Å². The number of hydrogen-bond donors (Lipinski definition) is 2. The number of nitrogens with one attached hydrogen (secondary N) is 1. The minimum absolute atomic E-state index is 0.155. The lowest BCUT2D eigenvalue weighted by molar-refractivity contribution is -0.137. The van der Waals surface area contributed by atoms with Crippen molar-refractivity contribution >= 4 is 11.8 Å². The summed E-state index contributed by atoms with van der Waals surface area (Å²) in [5, 5.41) is 12.1. The normalized spacial score (nSPS) is 12.4. The smallest absolute Gasteiger partial charge is 0.305 e. The van der Waals surface area contributed by atoms with E-state index in [-0.39, 0.29) is 12.2 Å². The molecule has 2 N–H and O–H groups in total. The summed E-state index contributed by atoms with van der Waals surface area (Å²) < 4.78 is 0. The Morgan fingerprint density at radius 3 is 2.52 bits per heavy atom. The van der Waals surface area contributed by atoms with Gasteiger partial charge in [-0.3, -0.25) is 9.59 Å². The highest BCUT2D eigenvalue weighted by molar-refractivity contribution is 6.02. The molecule has 0 saturated heterocycles. The predicted octanol–water partition coefficient (Wildman–Crippen LogP) is 1.48. The zero-order valence-corrected chi connectivity index (χ0v) is 13.1. The van der Waals surface area contributed by atoms with E-state index in [4.69, 9.17) is 5.11 Å². The van der Waals surface area contributed by atoms with Gasteiger partial charge in [0.25, 0.3) is 0 Å². The van der Waals surface area contributed by atoms with Crippen LogP contribution in [0.1, 0.15) is 27.9 Å². The van der Waals surface area contributed by atoms with E-state index >= 15 is 0 Å². The summed E-state index contributed by atoms with van der Waals surface area (Å²) in [5.41, 5.74) is 2.46. The van der Waals surface area contributed by atoms with Crippen molar-refractivity contribution in [3.05, 3.63) is 34.9 Å². The van der Waals surface area contributed by atoms with Gasteiger partial charge < -0.3 is 15.3 Å². The third-order valence-electron chi connectivity index (χ3n) is 3.30. The second-order valence-electron chi connectivity index (χ2n) is 5.59. The van der Waals surface area contributed by atoms with Gasteiger partial charge in [-0.1, -0.05) is 17.7 Å². The molecule has 0 aliphatic heterocycles. The Labute approximate surface area is 126 Å². The van der Waals surface area contributed by atoms with Gasteiger partial charge in [-0.05, 0) is 39.6 Å². The molecule has 5 heteroatoms. The number of likely N-dealkylation sites (N-methyl/N-ethyl adjacent to an activating group) is 1. The molecule has 0 fully saturated rings. The molecule has 0 amide bonds. The van der Waals surface area contributed by atoms with Crippen LogP contribution in [0.4, 0.5) is 0 Å². The lowest BCUT2D eigenvalue weighted by Crippen LogP contribution is -2.42. The lowest BCUT2D eigenvalue weighted by Gasteiger charge is -2.19. The SMILES string of the molecule is Cc1ccc(C)c(C(=O)C(CC(=O)O)NCCN(C)C)c1. The van der Waals surface area contributed by atoms with Crippen molar-refractivity contribution in [2.45, 2.75) is 26.3 Å². The van der Waals surface area contributed by atoms with Gasteiger partial charge in [0.1, 0.15) is 0 Å². The molecule has 5 nitrogen and oxygen atoms in total. The van der Waals surface area contributed by atoms with E-state index < -0.39 is 12.0 Å². The van der Waals surface area contributed by atoms with Gasteiger partial charge in [-0.2, -0.15) is 0 Å². The molecule has 0 spiro atoms. The van der Waals surface area contributed by atoms with E-state index in [0.717, 1.165) is 17.7 Å². The molecule has 1 unspecified atom stereocenters. The molecule has 0 radical (unpaired) electrons. The molecule has 0 heterocycles. The number of hydrogen-bond acceptors (Lipinski definition) is 4. The minimum Gasteiger partial charge on any atom is -0.481 e. The molecule has 1 atom stereocenters. The molecule has 1 aromatic carbocycles. The standard InChI is InChI=1S/C16H24N2O3/c1-11-5-6-12(2)13(9-11)16(21)14(10-15(19)20)17-7-8-18(3)4/h5-6,9,14,17H,7-8,10H2,1-4H3,(H,19,20). The van der Waals surface area contributed by atoms with Gasteiger partial charge in [0.15, 0.2) is 5.78 Å². The highest BCUT2D eigenvalue weighted by Gasteiger charge is 2.23. The van der Waals surface area contributed by atoms with Crippen molar-refractivity contribution in [3.63, 3.8) is 0 Å². The summed E-state index contributed by atoms with van der Waals surface area (Å²) in [7, 11) is 3.86. The van der Waals surface area contributed by atoms with Crippen LogP contribution >= 0.6 is 0 Å². The second kappa shape index (κ2) is 7.90. The molecule has 0 aliphatic rings. The number of benzene rings is 1. The Kier molecular flexibility index (Phi) is 6.52. The number of carbonyl (C=O) groups excluding carboxylic acids is 1. The fraction of sp³-hybridized carbons (Fsp3) is 0.500. The van der Waals surface area contributed by atoms with Crippen LogP contribution in [0.5, 0.6) is 0 Å². The monoisotopic (exact) mass is 292 g/mol. The van der Waals surface area contributed by atoms with Crippen molar-refractivity contribution < 1.29 is 14.7 Å². The number of nitrogens with zero attached hydrogens (tertiary/aromatic N) is 1. The third kappa shape index (κ3) is 5.65. The van der Waals surface area contributed by atoms with Gasteiger partial charge in [0.05, 0.1) is 12.5 Å². The largest absolute Gasteiger partial charge is 0.481 e. The Morgan fingerprint density at radius 1 is 1.29 bits per heavy atom. The zero-order chi connectivity index (χ0) is 16.0. The number of ketones is 1. The van der Waals surface area contributed by atoms with Crippen molar-refractivity contribution in [1.29, 1.82) is 0 Å². The summed E-state index contributed by atoms with van der Waals surface area (Å²) in [6, 6.07) is 4.96. The molecule has 0 bridgehead atoms. The van der Waals surface area contributed by atoms with Crippen LogP contribution in [0, 0.1) is 13.8 Å². The fourth-order valence-corrected chi connectivity index (χ4v) is 2.08. The fourth-order valence-electron chi connectivity index (χ4n) is 2.08. The average Bonchev–Trinajstić information content (AvgIpc) is 2.39. The minimum atomic E-state index is -0.976. The first kappa shape index (κ1) is 17.3. The Balaban J connectivity index is 2.88. The molecule has 1 rings (SSSR count). The summed E-state index contributed by atoms with van der Waals surface area (Å²) in [6.45, 7) is 5.10. The summed E-state index contributed by atoms with van der Waals surface area (Å²) in [6.07, 6.45) is -0.209. The van der Waals surface area contributed by atoms with Crippen LogP contribution in [0.3, 0.4) is 0 Å². The molecule has 1 aromatic rings. The molecule has 21 heavy (non-hydrogen) atoms. The van der Waals surface area contributed by atoms with Crippen LogP contribution in [0.2, 0.25) is 0 Å². The van der Waals surface area contributed by atoms with E-state index in [9.17, 15) is 9.59 Å². The van der Waals surface area contributed by atoms with Crippen LogP contribution in [-0.4, -0.2) is 55.0 Å². The summed E-state index contributed by atoms with van der Waals surface area (Å²) in [5.74, 6) is -1.13. The Morgan fingerprint density at radius 2 is 1.95 bits per heavy atom. The van der Waals surface area contributed by atoms with E-state index in [1.165, 1.54) is 0 Å².